The van der Waals surface area contributed by atoms with Gasteiger partial charge in [-0.15, -0.1) is 0 Å². The zero-order valence-corrected chi connectivity index (χ0v) is 7.96. The highest BCUT2D eigenvalue weighted by molar-refractivity contribution is 8.04. The van der Waals surface area contributed by atoms with Crippen molar-refractivity contribution < 1.29 is 25.2 Å². The molecule has 14 heavy (non-hydrogen) atoms. The third-order valence-corrected chi connectivity index (χ3v) is 2.74. The highest BCUT2D eigenvalue weighted by atomic mass is 32.2. The molecule has 1 unspecified atom stereocenters. The van der Waals surface area contributed by atoms with E-state index < -0.39 is 36.5 Å². The summed E-state index contributed by atoms with van der Waals surface area (Å²) in [5.41, 5.74) is -0.949. The van der Waals surface area contributed by atoms with Gasteiger partial charge >= 0.3 is 0 Å². The van der Waals surface area contributed by atoms with Crippen molar-refractivity contribution >= 4 is 11.8 Å². The van der Waals surface area contributed by atoms with Gasteiger partial charge in [-0.25, -0.2) is 0 Å². The van der Waals surface area contributed by atoms with Gasteiger partial charge in [-0.05, 0) is 11.8 Å². The fourth-order valence-corrected chi connectivity index (χ4v) is 1.82. The Morgan fingerprint density at radius 1 is 1.21 bits per heavy atom. The Morgan fingerprint density at radius 2 is 1.86 bits per heavy atom. The molecule has 0 spiro atoms. The van der Waals surface area contributed by atoms with Gasteiger partial charge in [0.05, 0.1) is 6.61 Å². The van der Waals surface area contributed by atoms with Gasteiger partial charge in [-0.1, -0.05) is 0 Å². The average Bonchev–Trinajstić information content (AvgIpc) is 2.19. The van der Waals surface area contributed by atoms with Crippen LogP contribution in [-0.4, -0.2) is 56.9 Å². The molecule has 1 aliphatic rings. The Bertz CT molecular complexity index is 231. The number of aliphatic hydroxyl groups is 4. The Kier molecular flexibility index (Phi) is 4.12. The molecule has 0 aromatic rings. The summed E-state index contributed by atoms with van der Waals surface area (Å²) in [4.78, 5) is 0. The first-order chi connectivity index (χ1) is 6.61. The number of rotatable bonds is 2. The van der Waals surface area contributed by atoms with Gasteiger partial charge in [-0.2, -0.15) is 5.26 Å². The fraction of sp³-hybridized carbons (Fsp3) is 0.857. The van der Waals surface area contributed by atoms with Crippen LogP contribution in [0.25, 0.3) is 0 Å². The maximum atomic E-state index is 9.36. The molecule has 1 saturated heterocycles. The maximum absolute atomic E-state index is 9.36. The second kappa shape index (κ2) is 4.93. The van der Waals surface area contributed by atoms with Gasteiger partial charge in [-0.3, -0.25) is 0 Å². The van der Waals surface area contributed by atoms with E-state index in [0.717, 1.165) is 0 Å². The molecule has 4 N–H and O–H groups in total. The van der Waals surface area contributed by atoms with Crippen molar-refractivity contribution in [1.29, 1.82) is 5.26 Å². The molecule has 1 aliphatic heterocycles. The van der Waals surface area contributed by atoms with Crippen LogP contribution in [0.15, 0.2) is 0 Å². The first-order valence-electron chi connectivity index (χ1n) is 3.97. The lowest BCUT2D eigenvalue weighted by Crippen LogP contribution is -2.57. The lowest BCUT2D eigenvalue weighted by Gasteiger charge is -2.38. The van der Waals surface area contributed by atoms with Gasteiger partial charge in [0.25, 0.3) is 0 Å². The predicted molar refractivity (Wildman–Crippen MR) is 47.0 cm³/mol. The molecule has 0 amide bonds. The van der Waals surface area contributed by atoms with Gasteiger partial charge in [0.15, 0.2) is 0 Å². The maximum Gasteiger partial charge on any atom is 0.146 e. The molecule has 1 fully saturated rings. The summed E-state index contributed by atoms with van der Waals surface area (Å²) in [6, 6.07) is 0. The van der Waals surface area contributed by atoms with Gasteiger partial charge < -0.3 is 25.2 Å². The average molecular weight is 221 g/mol. The van der Waals surface area contributed by atoms with Crippen LogP contribution in [0.2, 0.25) is 0 Å². The van der Waals surface area contributed by atoms with Crippen molar-refractivity contribution in [2.24, 2.45) is 0 Å². The van der Waals surface area contributed by atoms with Crippen molar-refractivity contribution in [2.45, 2.75) is 29.9 Å². The predicted octanol–water partition coefficient (Wildman–Crippen LogP) is -2.00. The highest BCUT2D eigenvalue weighted by Crippen LogP contribution is 2.27. The standard InChI is InChI=1S/C7H11NO5S/c8-2-14-7-6(12)5(11)4(10)3(1-9)13-7/h3-7,9-12H,1H2/t3-,4-,5+,6-,7?/m1/s1. The molecule has 80 valence electrons. The van der Waals surface area contributed by atoms with Crippen molar-refractivity contribution in [2.75, 3.05) is 6.61 Å². The summed E-state index contributed by atoms with van der Waals surface area (Å²) in [5.74, 6) is 0. The molecule has 1 heterocycles. The molecule has 5 atom stereocenters. The van der Waals surface area contributed by atoms with Crippen molar-refractivity contribution in [3.8, 4) is 5.40 Å². The van der Waals surface area contributed by atoms with Crippen LogP contribution in [0, 0.1) is 10.7 Å². The fourth-order valence-electron chi connectivity index (χ4n) is 1.22. The summed E-state index contributed by atoms with van der Waals surface area (Å²) in [6.45, 7) is -0.479. The lowest BCUT2D eigenvalue weighted by atomic mass is 10.0. The van der Waals surface area contributed by atoms with Crippen LogP contribution in [0.4, 0.5) is 0 Å². The number of hydrogen-bond donors (Lipinski definition) is 4. The van der Waals surface area contributed by atoms with E-state index in [2.05, 4.69) is 0 Å². The number of nitriles is 1. The van der Waals surface area contributed by atoms with E-state index in [1.807, 2.05) is 0 Å². The summed E-state index contributed by atoms with van der Waals surface area (Å²) < 4.78 is 5.00. The Morgan fingerprint density at radius 3 is 2.36 bits per heavy atom. The second-order valence-corrected chi connectivity index (χ2v) is 3.79. The van der Waals surface area contributed by atoms with E-state index in [1.165, 1.54) is 0 Å². The summed E-state index contributed by atoms with van der Waals surface area (Å²) in [5, 5.41) is 46.9. The molecule has 0 aromatic carbocycles. The van der Waals surface area contributed by atoms with Crippen LogP contribution in [0.3, 0.4) is 0 Å². The number of aliphatic hydroxyl groups excluding tert-OH is 4. The van der Waals surface area contributed by atoms with Gasteiger partial charge in [0.1, 0.15) is 35.3 Å². The van der Waals surface area contributed by atoms with E-state index in [4.69, 9.17) is 15.1 Å². The van der Waals surface area contributed by atoms with Crippen LogP contribution >= 0.6 is 11.8 Å². The normalized spacial score (nSPS) is 43.2. The second-order valence-electron chi connectivity index (χ2n) is 2.91. The van der Waals surface area contributed by atoms with E-state index in [1.54, 1.807) is 5.40 Å². The van der Waals surface area contributed by atoms with Crippen molar-refractivity contribution in [1.82, 2.24) is 0 Å². The minimum atomic E-state index is -1.41. The van der Waals surface area contributed by atoms with Crippen molar-refractivity contribution in [3.63, 3.8) is 0 Å². The van der Waals surface area contributed by atoms with Gasteiger partial charge in [0.2, 0.25) is 0 Å². The number of thioether (sulfide) groups is 1. The third-order valence-electron chi connectivity index (χ3n) is 2.02. The number of nitrogens with zero attached hydrogens (tertiary/aromatic N) is 1. The van der Waals surface area contributed by atoms with Crippen LogP contribution in [0.1, 0.15) is 0 Å². The molecule has 7 heteroatoms. The zero-order valence-electron chi connectivity index (χ0n) is 7.15. The number of ether oxygens (including phenoxy) is 1. The van der Waals surface area contributed by atoms with E-state index in [9.17, 15) is 15.3 Å². The van der Waals surface area contributed by atoms with E-state index in [0.29, 0.717) is 11.8 Å². The van der Waals surface area contributed by atoms with E-state index >= 15 is 0 Å². The molecule has 0 radical (unpaired) electrons. The molecule has 0 aliphatic carbocycles. The molecular formula is C7H11NO5S. The van der Waals surface area contributed by atoms with Crippen molar-refractivity contribution in [3.05, 3.63) is 0 Å². The Labute approximate surface area is 84.7 Å². The molecular weight excluding hydrogens is 210 g/mol. The minimum Gasteiger partial charge on any atom is -0.394 e. The Hall–Kier alpha value is -0.360. The molecule has 0 aromatic heterocycles. The third kappa shape index (κ3) is 2.17. The summed E-state index contributed by atoms with van der Waals surface area (Å²) in [7, 11) is 0. The summed E-state index contributed by atoms with van der Waals surface area (Å²) in [6.07, 6.45) is -5.06. The molecule has 0 bridgehead atoms. The first-order valence-corrected chi connectivity index (χ1v) is 4.85. The molecule has 1 rings (SSSR count). The van der Waals surface area contributed by atoms with Crippen LogP contribution in [-0.2, 0) is 4.74 Å². The first kappa shape index (κ1) is 11.7. The Balaban J connectivity index is 2.69. The smallest absolute Gasteiger partial charge is 0.146 e. The van der Waals surface area contributed by atoms with Gasteiger partial charge in [0, 0.05) is 0 Å². The molecule has 0 saturated carbocycles. The molecule has 6 nitrogen and oxygen atoms in total. The quantitative estimate of drug-likeness (QED) is 0.399. The van der Waals surface area contributed by atoms with E-state index in [-0.39, 0.29) is 0 Å². The summed E-state index contributed by atoms with van der Waals surface area (Å²) >= 11 is 0.636. The zero-order chi connectivity index (χ0) is 10.7. The van der Waals surface area contributed by atoms with Crippen LogP contribution in [0.5, 0.6) is 0 Å². The minimum absolute atomic E-state index is 0.479. The number of hydrogen-bond acceptors (Lipinski definition) is 7. The number of thiocyanates is 1. The van der Waals surface area contributed by atoms with Crippen LogP contribution < -0.4 is 0 Å². The highest BCUT2D eigenvalue weighted by Gasteiger charge is 2.43. The topological polar surface area (TPSA) is 114 Å². The largest absolute Gasteiger partial charge is 0.394 e. The SMILES string of the molecule is N#CSC1O[C@H](CO)[C@@H](O)[C@H](O)[C@H]1O. The lowest BCUT2D eigenvalue weighted by molar-refractivity contribution is -0.205. The monoisotopic (exact) mass is 221 g/mol.